The zero-order valence-electron chi connectivity index (χ0n) is 8.87. The molecule has 0 radical (unpaired) electrons. The first-order valence-electron chi connectivity index (χ1n) is 4.60. The van der Waals surface area contributed by atoms with Gasteiger partial charge in [0.2, 0.25) is 5.91 Å². The minimum Gasteiger partial charge on any atom is -0.349 e. The lowest BCUT2D eigenvalue weighted by atomic mass is 10.4. The maximum Gasteiger partial charge on any atom is 0.234 e. The standard InChI is InChI=1S/C9H15N3OS.ClH/c1-3-9-12-7(6-14-9)4-11-8(13)5-10-2;/h6,10H,3-5H2,1-2H3,(H,11,13);1H. The quantitative estimate of drug-likeness (QED) is 0.818. The molecule has 6 heteroatoms. The van der Waals surface area contributed by atoms with Crippen molar-refractivity contribution in [3.8, 4) is 0 Å². The minimum absolute atomic E-state index is 0. The molecule has 0 spiro atoms. The van der Waals surface area contributed by atoms with Crippen LogP contribution >= 0.6 is 23.7 Å². The Labute approximate surface area is 99.9 Å². The summed E-state index contributed by atoms with van der Waals surface area (Å²) in [4.78, 5) is 15.4. The van der Waals surface area contributed by atoms with Gasteiger partial charge in [-0.1, -0.05) is 6.92 Å². The predicted molar refractivity (Wildman–Crippen MR) is 64.5 cm³/mol. The number of thiazole rings is 1. The molecule has 1 rings (SSSR count). The Morgan fingerprint density at radius 3 is 2.87 bits per heavy atom. The lowest BCUT2D eigenvalue weighted by molar-refractivity contribution is -0.120. The van der Waals surface area contributed by atoms with Crippen LogP contribution in [0.5, 0.6) is 0 Å². The molecule has 1 heterocycles. The van der Waals surface area contributed by atoms with Crippen LogP contribution in [0.15, 0.2) is 5.38 Å². The first kappa shape index (κ1) is 14.3. The Bertz CT molecular complexity index is 303. The fourth-order valence-electron chi connectivity index (χ4n) is 1.00. The van der Waals surface area contributed by atoms with Crippen molar-refractivity contribution in [3.05, 3.63) is 16.1 Å². The monoisotopic (exact) mass is 249 g/mol. The largest absolute Gasteiger partial charge is 0.349 e. The highest BCUT2D eigenvalue weighted by Gasteiger charge is 2.02. The predicted octanol–water partition coefficient (Wildman–Crippen LogP) is 0.963. The number of hydrogen-bond acceptors (Lipinski definition) is 4. The molecule has 1 amide bonds. The summed E-state index contributed by atoms with van der Waals surface area (Å²) < 4.78 is 0. The van der Waals surface area contributed by atoms with E-state index in [-0.39, 0.29) is 18.3 Å². The zero-order valence-corrected chi connectivity index (χ0v) is 10.5. The maximum absolute atomic E-state index is 11.1. The van der Waals surface area contributed by atoms with Crippen molar-refractivity contribution in [2.45, 2.75) is 19.9 Å². The van der Waals surface area contributed by atoms with Gasteiger partial charge in [0.25, 0.3) is 0 Å². The van der Waals surface area contributed by atoms with Gasteiger partial charge < -0.3 is 10.6 Å². The Morgan fingerprint density at radius 2 is 2.33 bits per heavy atom. The van der Waals surface area contributed by atoms with E-state index in [0.717, 1.165) is 17.1 Å². The second-order valence-corrected chi connectivity index (χ2v) is 3.84. The number of hydrogen-bond donors (Lipinski definition) is 2. The van der Waals surface area contributed by atoms with Crippen LogP contribution in [0.2, 0.25) is 0 Å². The maximum atomic E-state index is 11.1. The van der Waals surface area contributed by atoms with Crippen LogP contribution in [0.25, 0.3) is 0 Å². The third-order valence-corrected chi connectivity index (χ3v) is 2.75. The van der Waals surface area contributed by atoms with E-state index in [0.29, 0.717) is 13.1 Å². The molecular formula is C9H16ClN3OS. The van der Waals surface area contributed by atoms with E-state index in [1.165, 1.54) is 0 Å². The minimum atomic E-state index is -0.00134. The van der Waals surface area contributed by atoms with Gasteiger partial charge in [0, 0.05) is 5.38 Å². The van der Waals surface area contributed by atoms with Gasteiger partial charge in [0.15, 0.2) is 0 Å². The second kappa shape index (κ2) is 7.62. The summed E-state index contributed by atoms with van der Waals surface area (Å²) >= 11 is 1.64. The molecular weight excluding hydrogens is 234 g/mol. The summed E-state index contributed by atoms with van der Waals surface area (Å²) in [6.07, 6.45) is 0.954. The molecule has 4 nitrogen and oxygen atoms in total. The number of likely N-dealkylation sites (N-methyl/N-ethyl adjacent to an activating group) is 1. The number of carbonyl (C=O) groups excluding carboxylic acids is 1. The molecule has 0 bridgehead atoms. The number of halogens is 1. The molecule has 0 atom stereocenters. The smallest absolute Gasteiger partial charge is 0.234 e. The van der Waals surface area contributed by atoms with Gasteiger partial charge >= 0.3 is 0 Å². The number of rotatable bonds is 5. The van der Waals surface area contributed by atoms with Crippen molar-refractivity contribution < 1.29 is 4.79 Å². The number of aromatic nitrogens is 1. The van der Waals surface area contributed by atoms with Crippen molar-refractivity contribution in [2.75, 3.05) is 13.6 Å². The number of aryl methyl sites for hydroxylation is 1. The molecule has 0 fully saturated rings. The van der Waals surface area contributed by atoms with Gasteiger partial charge in [-0.15, -0.1) is 23.7 Å². The van der Waals surface area contributed by atoms with E-state index in [1.807, 2.05) is 5.38 Å². The molecule has 0 unspecified atom stereocenters. The summed E-state index contributed by atoms with van der Waals surface area (Å²) in [6, 6.07) is 0. The molecule has 0 aliphatic rings. The van der Waals surface area contributed by atoms with Gasteiger partial charge in [0.05, 0.1) is 23.8 Å². The van der Waals surface area contributed by atoms with Gasteiger partial charge in [0.1, 0.15) is 0 Å². The highest BCUT2D eigenvalue weighted by molar-refractivity contribution is 7.09. The van der Waals surface area contributed by atoms with E-state index in [1.54, 1.807) is 18.4 Å². The Morgan fingerprint density at radius 1 is 1.60 bits per heavy atom. The average Bonchev–Trinajstić information content (AvgIpc) is 2.63. The van der Waals surface area contributed by atoms with Gasteiger partial charge in [-0.05, 0) is 13.5 Å². The number of amides is 1. The summed E-state index contributed by atoms with van der Waals surface area (Å²) in [7, 11) is 1.75. The van der Waals surface area contributed by atoms with Gasteiger partial charge in [-0.25, -0.2) is 4.98 Å². The molecule has 0 aliphatic carbocycles. The summed E-state index contributed by atoms with van der Waals surface area (Å²) in [5, 5.41) is 8.67. The zero-order chi connectivity index (χ0) is 10.4. The van der Waals surface area contributed by atoms with Crippen LogP contribution in [0.4, 0.5) is 0 Å². The van der Waals surface area contributed by atoms with Crippen molar-refractivity contribution in [3.63, 3.8) is 0 Å². The normalized spacial score (nSPS) is 9.47. The van der Waals surface area contributed by atoms with E-state index >= 15 is 0 Å². The van der Waals surface area contributed by atoms with Crippen molar-refractivity contribution in [2.24, 2.45) is 0 Å². The number of nitrogens with zero attached hydrogens (tertiary/aromatic N) is 1. The SMILES string of the molecule is CCc1nc(CNC(=O)CNC)cs1.Cl. The third-order valence-electron chi connectivity index (χ3n) is 1.71. The topological polar surface area (TPSA) is 54.0 Å². The molecule has 0 saturated carbocycles. The fraction of sp³-hybridized carbons (Fsp3) is 0.556. The first-order valence-corrected chi connectivity index (χ1v) is 5.48. The molecule has 86 valence electrons. The molecule has 0 aromatic carbocycles. The Balaban J connectivity index is 0.00000196. The second-order valence-electron chi connectivity index (χ2n) is 2.89. The molecule has 1 aromatic rings. The van der Waals surface area contributed by atoms with Gasteiger partial charge in [-0.3, -0.25) is 4.79 Å². The Hall–Kier alpha value is -0.650. The van der Waals surface area contributed by atoms with E-state index in [4.69, 9.17) is 0 Å². The molecule has 2 N–H and O–H groups in total. The Kier molecular flexibility index (Phi) is 7.29. The van der Waals surface area contributed by atoms with Crippen LogP contribution in [-0.2, 0) is 17.8 Å². The summed E-state index contributed by atoms with van der Waals surface area (Å²) in [5.74, 6) is -0.00134. The highest BCUT2D eigenvalue weighted by Crippen LogP contribution is 2.09. The van der Waals surface area contributed by atoms with E-state index < -0.39 is 0 Å². The number of nitrogens with one attached hydrogen (secondary N) is 2. The number of carbonyl (C=O) groups is 1. The molecule has 0 aliphatic heterocycles. The van der Waals surface area contributed by atoms with E-state index in [2.05, 4.69) is 22.5 Å². The molecule has 0 saturated heterocycles. The van der Waals surface area contributed by atoms with Crippen molar-refractivity contribution in [1.29, 1.82) is 0 Å². The first-order chi connectivity index (χ1) is 6.76. The van der Waals surface area contributed by atoms with Gasteiger partial charge in [-0.2, -0.15) is 0 Å². The third kappa shape index (κ3) is 5.11. The molecule has 1 aromatic heterocycles. The van der Waals surface area contributed by atoms with Crippen LogP contribution in [0.1, 0.15) is 17.6 Å². The summed E-state index contributed by atoms with van der Waals surface area (Å²) in [5.41, 5.74) is 0.941. The van der Waals surface area contributed by atoms with Crippen molar-refractivity contribution >= 4 is 29.7 Å². The lowest BCUT2D eigenvalue weighted by Crippen LogP contribution is -2.31. The van der Waals surface area contributed by atoms with Crippen LogP contribution < -0.4 is 10.6 Å². The van der Waals surface area contributed by atoms with E-state index in [9.17, 15) is 4.79 Å². The lowest BCUT2D eigenvalue weighted by Gasteiger charge is -2.01. The molecule has 15 heavy (non-hydrogen) atoms. The van der Waals surface area contributed by atoms with Crippen LogP contribution in [0, 0.1) is 0 Å². The van der Waals surface area contributed by atoms with Crippen molar-refractivity contribution in [1.82, 2.24) is 15.6 Å². The average molecular weight is 250 g/mol. The van der Waals surface area contributed by atoms with Crippen LogP contribution in [-0.4, -0.2) is 24.5 Å². The van der Waals surface area contributed by atoms with Crippen LogP contribution in [0.3, 0.4) is 0 Å². The highest BCUT2D eigenvalue weighted by atomic mass is 35.5. The summed E-state index contributed by atoms with van der Waals surface area (Å²) in [6.45, 7) is 2.95. The fourth-order valence-corrected chi connectivity index (χ4v) is 1.75.